The van der Waals surface area contributed by atoms with E-state index in [0.717, 1.165) is 8.66 Å². The smallest absolute Gasteiger partial charge is 0.314 e. The Hall–Kier alpha value is -0.223. The molecule has 1 N–H and O–H groups in total. The van der Waals surface area contributed by atoms with Gasteiger partial charge in [-0.25, -0.2) is 8.42 Å². The highest BCUT2D eigenvalue weighted by molar-refractivity contribution is 9.11. The molecule has 31 heavy (non-hydrogen) atoms. The van der Waals surface area contributed by atoms with Crippen LogP contribution in [0.2, 0.25) is 18.1 Å². The second kappa shape index (κ2) is 10.4. The number of rotatable bonds is 12. The van der Waals surface area contributed by atoms with E-state index in [1.807, 2.05) is 26.0 Å². The Balaban J connectivity index is 2.66. The average Bonchev–Trinajstić information content (AvgIpc) is 2.98. The van der Waals surface area contributed by atoms with Gasteiger partial charge in [0.15, 0.2) is 18.2 Å². The van der Waals surface area contributed by atoms with Gasteiger partial charge < -0.3 is 9.53 Å². The van der Waals surface area contributed by atoms with Crippen molar-refractivity contribution in [1.82, 2.24) is 0 Å². The molecule has 0 aliphatic carbocycles. The molecule has 0 spiro atoms. The van der Waals surface area contributed by atoms with Crippen LogP contribution < -0.4 is 0 Å². The van der Waals surface area contributed by atoms with Crippen LogP contribution in [0.5, 0.6) is 0 Å². The molecule has 9 heteroatoms. The van der Waals surface area contributed by atoms with Crippen LogP contribution in [0.4, 0.5) is 0 Å². The van der Waals surface area contributed by atoms with Crippen LogP contribution in [-0.2, 0) is 24.5 Å². The van der Waals surface area contributed by atoms with E-state index in [1.165, 1.54) is 11.3 Å². The minimum Gasteiger partial charge on any atom is -0.481 e. The van der Waals surface area contributed by atoms with E-state index < -0.39 is 35.0 Å². The zero-order valence-electron chi connectivity index (χ0n) is 20.2. The van der Waals surface area contributed by atoms with Crippen LogP contribution in [0.25, 0.3) is 0 Å². The third-order valence-corrected chi connectivity index (χ3v) is 14.8. The van der Waals surface area contributed by atoms with Gasteiger partial charge in [0.2, 0.25) is 0 Å². The summed E-state index contributed by atoms with van der Waals surface area (Å²) in [5.41, 5.74) is -1.39. The zero-order valence-corrected chi connectivity index (χ0v) is 24.4. The number of carboxylic acid groups (broad SMARTS) is 1. The maximum absolute atomic E-state index is 12.7. The molecule has 180 valence electrons. The Morgan fingerprint density at radius 1 is 1.13 bits per heavy atom. The lowest BCUT2D eigenvalue weighted by molar-refractivity contribution is -0.143. The first-order chi connectivity index (χ1) is 13.8. The molecule has 0 fully saturated rings. The van der Waals surface area contributed by atoms with E-state index in [1.54, 1.807) is 6.92 Å². The van der Waals surface area contributed by atoms with Crippen LogP contribution in [0.1, 0.15) is 65.7 Å². The van der Waals surface area contributed by atoms with Crippen LogP contribution in [0.15, 0.2) is 15.9 Å². The quantitative estimate of drug-likeness (QED) is 0.299. The van der Waals surface area contributed by atoms with Gasteiger partial charge in [-0.1, -0.05) is 41.0 Å². The van der Waals surface area contributed by atoms with Crippen molar-refractivity contribution in [2.24, 2.45) is 5.41 Å². The molecule has 1 aromatic heterocycles. The molecule has 1 aromatic rings. The number of hydrogen-bond donors (Lipinski definition) is 1. The minimum atomic E-state index is -3.26. The van der Waals surface area contributed by atoms with Crippen molar-refractivity contribution >= 4 is 51.4 Å². The topological polar surface area (TPSA) is 80.7 Å². The fourth-order valence-corrected chi connectivity index (χ4v) is 7.81. The van der Waals surface area contributed by atoms with E-state index in [0.29, 0.717) is 19.3 Å². The number of carboxylic acids is 1. The van der Waals surface area contributed by atoms with Crippen LogP contribution >= 0.6 is 27.3 Å². The van der Waals surface area contributed by atoms with Gasteiger partial charge in [0.05, 0.1) is 20.7 Å². The van der Waals surface area contributed by atoms with Crippen molar-refractivity contribution in [3.63, 3.8) is 0 Å². The summed E-state index contributed by atoms with van der Waals surface area (Å²) in [6, 6.07) is 3.71. The Bertz CT molecular complexity index is 855. The lowest BCUT2D eigenvalue weighted by Crippen LogP contribution is -2.42. The molecule has 0 bridgehead atoms. The third-order valence-electron chi connectivity index (χ3n) is 6.39. The monoisotopic (exact) mass is 554 g/mol. The molecule has 0 saturated heterocycles. The number of halogens is 1. The first-order valence-electron chi connectivity index (χ1n) is 10.6. The molecule has 1 atom stereocenters. The largest absolute Gasteiger partial charge is 0.481 e. The molecular formula is C22H39BrO5S2Si. The predicted octanol–water partition coefficient (Wildman–Crippen LogP) is 6.49. The summed E-state index contributed by atoms with van der Waals surface area (Å²) in [4.78, 5) is 12.8. The van der Waals surface area contributed by atoms with Gasteiger partial charge in [-0.2, -0.15) is 0 Å². The van der Waals surface area contributed by atoms with Gasteiger partial charge in [0.1, 0.15) is 0 Å². The van der Waals surface area contributed by atoms with Crippen LogP contribution in [-0.4, -0.2) is 45.9 Å². The Morgan fingerprint density at radius 2 is 1.71 bits per heavy atom. The average molecular weight is 556 g/mol. The number of sulfone groups is 1. The molecule has 0 aliphatic heterocycles. The Morgan fingerprint density at radius 3 is 2.16 bits per heavy atom. The summed E-state index contributed by atoms with van der Waals surface area (Å²) in [7, 11) is -5.23. The van der Waals surface area contributed by atoms with E-state index >= 15 is 0 Å². The van der Waals surface area contributed by atoms with Crippen LogP contribution in [0.3, 0.4) is 0 Å². The van der Waals surface area contributed by atoms with Crippen molar-refractivity contribution in [3.05, 3.63) is 20.8 Å². The predicted molar refractivity (Wildman–Crippen MR) is 136 cm³/mol. The molecule has 0 saturated carbocycles. The minimum absolute atomic E-state index is 0.0268. The van der Waals surface area contributed by atoms with Gasteiger partial charge >= 0.3 is 5.97 Å². The Kier molecular flexibility index (Phi) is 9.63. The maximum Gasteiger partial charge on any atom is 0.314 e. The second-order valence-electron chi connectivity index (χ2n) is 11.0. The van der Waals surface area contributed by atoms with Crippen molar-refractivity contribution in [2.75, 3.05) is 18.1 Å². The van der Waals surface area contributed by atoms with Crippen molar-refractivity contribution in [2.45, 2.75) is 84.4 Å². The van der Waals surface area contributed by atoms with Crippen molar-refractivity contribution in [1.29, 1.82) is 0 Å². The van der Waals surface area contributed by atoms with Gasteiger partial charge in [0, 0.05) is 11.5 Å². The van der Waals surface area contributed by atoms with Gasteiger partial charge in [0.25, 0.3) is 0 Å². The van der Waals surface area contributed by atoms with Crippen LogP contribution in [0, 0.1) is 5.41 Å². The van der Waals surface area contributed by atoms with Crippen molar-refractivity contribution in [3.8, 4) is 0 Å². The molecule has 0 aliphatic rings. The summed E-state index contributed by atoms with van der Waals surface area (Å²) in [6.45, 7) is 16.5. The fourth-order valence-electron chi connectivity index (χ4n) is 3.25. The fraction of sp³-hybridized carbons (Fsp3) is 0.773. The van der Waals surface area contributed by atoms with E-state index in [4.69, 9.17) is 4.43 Å². The Labute approximate surface area is 202 Å². The molecular weight excluding hydrogens is 516 g/mol. The SMILES string of the molecule is CC(C)(CCCC(C)(C(=O)O)c1ccc(Br)s1)CS(=O)(=O)CCO[Si](C)(C)C(C)(C)C. The first kappa shape index (κ1) is 28.8. The highest BCUT2D eigenvalue weighted by Crippen LogP contribution is 2.39. The lowest BCUT2D eigenvalue weighted by Gasteiger charge is -2.36. The van der Waals surface area contributed by atoms with E-state index in [2.05, 4.69) is 49.8 Å². The zero-order chi connectivity index (χ0) is 24.3. The first-order valence-corrected chi connectivity index (χ1v) is 17.0. The summed E-state index contributed by atoms with van der Waals surface area (Å²) < 4.78 is 32.4. The van der Waals surface area contributed by atoms with E-state index in [9.17, 15) is 18.3 Å². The second-order valence-corrected chi connectivity index (χ2v) is 20.4. The number of aliphatic carboxylic acids is 1. The molecule has 5 nitrogen and oxygen atoms in total. The highest BCUT2D eigenvalue weighted by Gasteiger charge is 2.38. The summed E-state index contributed by atoms with van der Waals surface area (Å²) in [6.07, 6.45) is 1.75. The third kappa shape index (κ3) is 8.57. The molecule has 0 amide bonds. The molecule has 0 aromatic carbocycles. The summed E-state index contributed by atoms with van der Waals surface area (Å²) in [5.74, 6) is -0.746. The number of hydrogen-bond acceptors (Lipinski definition) is 5. The molecule has 1 heterocycles. The van der Waals surface area contributed by atoms with Gasteiger partial charge in [-0.15, -0.1) is 11.3 Å². The molecule has 1 rings (SSSR count). The van der Waals surface area contributed by atoms with Crippen molar-refractivity contribution < 1.29 is 22.7 Å². The van der Waals surface area contributed by atoms with E-state index in [-0.39, 0.29) is 23.2 Å². The lowest BCUT2D eigenvalue weighted by atomic mass is 9.80. The molecule has 0 radical (unpaired) electrons. The molecule has 1 unspecified atom stereocenters. The standard InChI is InChI=1S/C22H39BrO5S2Si/c1-20(2,3)31(7,8)28-14-15-30(26,27)16-21(4,5)12-9-13-22(6,19(24)25)17-10-11-18(23)29-17/h10-11H,9,12-16H2,1-8H3,(H,24,25). The summed E-state index contributed by atoms with van der Waals surface area (Å²) >= 11 is 4.83. The highest BCUT2D eigenvalue weighted by atomic mass is 79.9. The normalized spacial score (nSPS) is 15.6. The van der Waals surface area contributed by atoms with Gasteiger partial charge in [-0.3, -0.25) is 4.79 Å². The number of carbonyl (C=O) groups is 1. The van der Waals surface area contributed by atoms with Gasteiger partial charge in [-0.05, 0) is 71.4 Å². The number of thiophene rings is 1. The maximum atomic E-state index is 12.7. The summed E-state index contributed by atoms with van der Waals surface area (Å²) in [5, 5.41) is 9.86.